The maximum absolute atomic E-state index is 10.8. The summed E-state index contributed by atoms with van der Waals surface area (Å²) in [4.78, 5) is 18.2. The van der Waals surface area contributed by atoms with Crippen LogP contribution in [0.5, 0.6) is 0 Å². The van der Waals surface area contributed by atoms with Crippen molar-refractivity contribution in [1.82, 2.24) is 0 Å². The fourth-order valence-electron chi connectivity index (χ4n) is 0. The maximum atomic E-state index is 10.8. The first kappa shape index (κ1) is 11.4. The summed E-state index contributed by atoms with van der Waals surface area (Å²) < 4.78 is 10.8. The number of rotatable bonds is 0. The average Bonchev–Trinajstić information content (AvgIpc) is 1.63. The molecule has 0 aliphatic carbocycles. The number of carboxylic acid groups (broad SMARTS) is 2. The predicted octanol–water partition coefficient (Wildman–Crippen LogP) is 0.645. The molecular weight excluding hydrogens is 143 g/mol. The lowest BCUT2D eigenvalue weighted by atomic mass is 10.7. The van der Waals surface area contributed by atoms with E-state index in [0.29, 0.717) is 0 Å². The Morgan fingerprint density at radius 3 is 1.40 bits per heavy atom. The molecule has 10 heavy (non-hydrogen) atoms. The first-order valence-corrected chi connectivity index (χ1v) is 2.15. The van der Waals surface area contributed by atoms with Crippen molar-refractivity contribution in [1.29, 1.82) is 0 Å². The predicted molar refractivity (Wildman–Crippen MR) is 31.2 cm³/mol. The van der Waals surface area contributed by atoms with Gasteiger partial charge in [-0.3, -0.25) is 0 Å². The Morgan fingerprint density at radius 2 is 1.40 bits per heavy atom. The third-order valence-electron chi connectivity index (χ3n) is 0.183. The molecule has 0 fully saturated rings. The van der Waals surface area contributed by atoms with Crippen LogP contribution in [-0.4, -0.2) is 22.2 Å². The Hall–Kier alpha value is -1.39. The maximum Gasteiger partial charge on any atom is 0.414 e. The lowest BCUT2D eigenvalue weighted by Crippen LogP contribution is -2.09. The molecule has 0 bridgehead atoms. The molecule has 2 N–H and O–H groups in total. The normalized spacial score (nSPS) is 7.00. The summed E-state index contributed by atoms with van der Waals surface area (Å²) in [5, 5.41) is 14.8. The van der Waals surface area contributed by atoms with Crippen molar-refractivity contribution in [3.05, 3.63) is 12.4 Å². The summed E-state index contributed by atoms with van der Waals surface area (Å²) in [7, 11) is 0. The molecule has 0 saturated carbocycles. The van der Waals surface area contributed by atoms with Gasteiger partial charge in [-0.1, -0.05) is 6.58 Å². The zero-order chi connectivity index (χ0) is 8.73. The highest BCUT2D eigenvalue weighted by Gasteiger charge is 2.04. The fraction of sp³-hybridized carbons (Fsp3) is 0.200. The second-order valence-corrected chi connectivity index (χ2v) is 1.29. The summed E-state index contributed by atoms with van der Waals surface area (Å²) in [5.74, 6) is -3.98. The van der Waals surface area contributed by atoms with Crippen LogP contribution in [0.2, 0.25) is 0 Å². The number of carboxylic acids is 2. The quantitative estimate of drug-likeness (QED) is 0.497. The molecule has 0 heterocycles. The van der Waals surface area contributed by atoms with E-state index in [4.69, 9.17) is 19.8 Å². The Balaban J connectivity index is 0. The van der Waals surface area contributed by atoms with Crippen molar-refractivity contribution < 1.29 is 24.2 Å². The highest BCUT2D eigenvalue weighted by atomic mass is 19.1. The van der Waals surface area contributed by atoms with Gasteiger partial charge in [-0.25, -0.2) is 14.0 Å². The largest absolute Gasteiger partial charge is 0.473 e. The van der Waals surface area contributed by atoms with Gasteiger partial charge < -0.3 is 10.2 Å². The number of carbonyl (C=O) groups is 2. The summed E-state index contributed by atoms with van der Waals surface area (Å²) >= 11 is 0. The van der Waals surface area contributed by atoms with Crippen molar-refractivity contribution >= 4 is 11.9 Å². The van der Waals surface area contributed by atoms with Crippen molar-refractivity contribution in [2.45, 2.75) is 6.92 Å². The van der Waals surface area contributed by atoms with Crippen molar-refractivity contribution in [2.75, 3.05) is 0 Å². The topological polar surface area (TPSA) is 74.6 Å². The molecule has 0 radical (unpaired) electrons. The SMILES string of the molecule is C=C(C)F.O=C(O)C(=O)O. The van der Waals surface area contributed by atoms with Crippen molar-refractivity contribution in [3.63, 3.8) is 0 Å². The molecule has 0 amide bonds. The molecule has 5 heteroatoms. The van der Waals surface area contributed by atoms with E-state index in [1.54, 1.807) is 0 Å². The van der Waals surface area contributed by atoms with Gasteiger partial charge in [-0.2, -0.15) is 0 Å². The van der Waals surface area contributed by atoms with Gasteiger partial charge in [0.25, 0.3) is 0 Å². The van der Waals surface area contributed by atoms with E-state index >= 15 is 0 Å². The zero-order valence-corrected chi connectivity index (χ0v) is 5.30. The van der Waals surface area contributed by atoms with Gasteiger partial charge in [0.15, 0.2) is 0 Å². The Bertz CT molecular complexity index is 136. The average molecular weight is 150 g/mol. The van der Waals surface area contributed by atoms with E-state index in [9.17, 15) is 4.39 Å². The molecule has 0 aromatic rings. The molecule has 0 spiro atoms. The molecule has 0 rings (SSSR count). The highest BCUT2D eigenvalue weighted by molar-refractivity contribution is 6.27. The minimum absolute atomic E-state index is 0.333. The van der Waals surface area contributed by atoms with Gasteiger partial charge in [-0.05, 0) is 6.92 Å². The molecule has 58 valence electrons. The van der Waals surface area contributed by atoms with Crippen LogP contribution in [0.15, 0.2) is 12.4 Å². The smallest absolute Gasteiger partial charge is 0.414 e. The molecule has 0 saturated heterocycles. The van der Waals surface area contributed by atoms with E-state index < -0.39 is 11.9 Å². The molecule has 0 aromatic carbocycles. The lowest BCUT2D eigenvalue weighted by molar-refractivity contribution is -0.159. The molecular formula is C5H7FO4. The lowest BCUT2D eigenvalue weighted by Gasteiger charge is -1.72. The van der Waals surface area contributed by atoms with Crippen LogP contribution in [0, 0.1) is 0 Å². The minimum atomic E-state index is -1.82. The molecule has 0 aliphatic heterocycles. The second-order valence-electron chi connectivity index (χ2n) is 1.29. The first-order valence-electron chi connectivity index (χ1n) is 2.15. The van der Waals surface area contributed by atoms with Crippen LogP contribution >= 0.6 is 0 Å². The van der Waals surface area contributed by atoms with E-state index in [1.807, 2.05) is 0 Å². The molecule has 4 nitrogen and oxygen atoms in total. The minimum Gasteiger partial charge on any atom is -0.473 e. The van der Waals surface area contributed by atoms with E-state index in [1.165, 1.54) is 6.92 Å². The Kier molecular flexibility index (Phi) is 6.55. The first-order chi connectivity index (χ1) is 4.37. The van der Waals surface area contributed by atoms with Gasteiger partial charge in [-0.15, -0.1) is 0 Å². The van der Waals surface area contributed by atoms with Crippen LogP contribution in [0.4, 0.5) is 4.39 Å². The van der Waals surface area contributed by atoms with E-state index in [0.717, 1.165) is 0 Å². The van der Waals surface area contributed by atoms with Crippen molar-refractivity contribution in [3.8, 4) is 0 Å². The van der Waals surface area contributed by atoms with Crippen LogP contribution in [-0.2, 0) is 9.59 Å². The van der Waals surface area contributed by atoms with Crippen molar-refractivity contribution in [2.24, 2.45) is 0 Å². The molecule has 0 atom stereocenters. The Morgan fingerprint density at radius 1 is 1.30 bits per heavy atom. The molecule has 0 unspecified atom stereocenters. The summed E-state index contributed by atoms with van der Waals surface area (Å²) in [5.41, 5.74) is 0. The summed E-state index contributed by atoms with van der Waals surface area (Å²) in [6.45, 7) is 4.19. The van der Waals surface area contributed by atoms with E-state index in [2.05, 4.69) is 6.58 Å². The number of allylic oxidation sites excluding steroid dienone is 1. The third-order valence-corrected chi connectivity index (χ3v) is 0.183. The molecule has 0 aromatic heterocycles. The number of halogens is 1. The van der Waals surface area contributed by atoms with Gasteiger partial charge in [0, 0.05) is 0 Å². The van der Waals surface area contributed by atoms with Crippen LogP contribution in [0.3, 0.4) is 0 Å². The highest BCUT2D eigenvalue weighted by Crippen LogP contribution is 1.80. The number of hydrogen-bond donors (Lipinski definition) is 2. The van der Waals surface area contributed by atoms with Gasteiger partial charge in [0.1, 0.15) is 0 Å². The van der Waals surface area contributed by atoms with Gasteiger partial charge in [0.05, 0.1) is 5.83 Å². The third kappa shape index (κ3) is 30.5. The van der Waals surface area contributed by atoms with Crippen LogP contribution in [0.25, 0.3) is 0 Å². The zero-order valence-electron chi connectivity index (χ0n) is 5.30. The van der Waals surface area contributed by atoms with Gasteiger partial charge >= 0.3 is 11.9 Å². The summed E-state index contributed by atoms with van der Waals surface area (Å²) in [6.07, 6.45) is 0. The van der Waals surface area contributed by atoms with Gasteiger partial charge in [0.2, 0.25) is 0 Å². The van der Waals surface area contributed by atoms with Crippen LogP contribution in [0.1, 0.15) is 6.92 Å². The molecule has 0 aliphatic rings. The Labute approximate surface area is 56.6 Å². The summed E-state index contributed by atoms with van der Waals surface area (Å²) in [6, 6.07) is 0. The van der Waals surface area contributed by atoms with Crippen LogP contribution < -0.4 is 0 Å². The monoisotopic (exact) mass is 150 g/mol. The second kappa shape index (κ2) is 5.74. The fourth-order valence-corrected chi connectivity index (χ4v) is 0. The number of hydrogen-bond acceptors (Lipinski definition) is 2. The van der Waals surface area contributed by atoms with E-state index in [-0.39, 0.29) is 5.83 Å². The standard InChI is InChI=1S/C3H5F.C2H2O4/c1-3(2)4;3-1(4)2(5)6/h1H2,2H3;(H,3,4)(H,5,6). The number of aliphatic carboxylic acids is 2.